The van der Waals surface area contributed by atoms with Crippen molar-refractivity contribution in [1.82, 2.24) is 9.97 Å². The second-order valence-electron chi connectivity index (χ2n) is 2.94. The molecule has 3 heteroatoms. The molecule has 0 saturated carbocycles. The first-order valence-electron chi connectivity index (χ1n) is 4.73. The molecule has 0 amide bonds. The monoisotopic (exact) mass is 192 g/mol. The van der Waals surface area contributed by atoms with Gasteiger partial charge in [-0.25, -0.2) is 4.98 Å². The van der Waals surface area contributed by atoms with Crippen molar-refractivity contribution in [2.45, 2.75) is 20.0 Å². The number of ether oxygens (including phenoxy) is 1. The van der Waals surface area contributed by atoms with Crippen molar-refractivity contribution >= 4 is 12.2 Å². The molecule has 1 aromatic heterocycles. The summed E-state index contributed by atoms with van der Waals surface area (Å²) >= 11 is 0. The standard InChI is InChI=1S/C11H16N2O/c1-4-7-14-8-11-12-9(5-2)10(6-3)13-11/h5-6H,2-4,7-8H2,1H3,(H,12,13). The van der Waals surface area contributed by atoms with Gasteiger partial charge in [-0.1, -0.05) is 20.1 Å². The second kappa shape index (κ2) is 5.40. The molecule has 0 spiro atoms. The van der Waals surface area contributed by atoms with Gasteiger partial charge in [0, 0.05) is 6.61 Å². The highest BCUT2D eigenvalue weighted by molar-refractivity contribution is 5.57. The van der Waals surface area contributed by atoms with Gasteiger partial charge in [-0.3, -0.25) is 0 Å². The van der Waals surface area contributed by atoms with Crippen molar-refractivity contribution in [3.63, 3.8) is 0 Å². The molecule has 0 unspecified atom stereocenters. The Labute approximate surface area is 84.5 Å². The smallest absolute Gasteiger partial charge is 0.133 e. The van der Waals surface area contributed by atoms with E-state index in [1.54, 1.807) is 12.2 Å². The lowest BCUT2D eigenvalue weighted by Gasteiger charge is -1.97. The molecule has 3 nitrogen and oxygen atoms in total. The summed E-state index contributed by atoms with van der Waals surface area (Å²) in [6, 6.07) is 0. The average Bonchev–Trinajstić information content (AvgIpc) is 2.61. The summed E-state index contributed by atoms with van der Waals surface area (Å²) in [6.45, 7) is 10.7. The second-order valence-corrected chi connectivity index (χ2v) is 2.94. The Morgan fingerprint density at radius 2 is 2.21 bits per heavy atom. The number of hydrogen-bond donors (Lipinski definition) is 1. The molecule has 0 atom stereocenters. The SMILES string of the molecule is C=Cc1nc(COCCC)[nH]c1C=C. The molecule has 0 aliphatic carbocycles. The van der Waals surface area contributed by atoms with E-state index in [0.717, 1.165) is 30.2 Å². The van der Waals surface area contributed by atoms with E-state index in [9.17, 15) is 0 Å². The van der Waals surface area contributed by atoms with Crippen LogP contribution in [0.15, 0.2) is 13.2 Å². The Balaban J connectivity index is 2.64. The lowest BCUT2D eigenvalue weighted by Crippen LogP contribution is -1.95. The number of H-pyrrole nitrogens is 1. The lowest BCUT2D eigenvalue weighted by molar-refractivity contribution is 0.116. The van der Waals surface area contributed by atoms with E-state index in [4.69, 9.17) is 4.74 Å². The number of hydrogen-bond acceptors (Lipinski definition) is 2. The first kappa shape index (κ1) is 10.7. The molecule has 1 aromatic rings. The van der Waals surface area contributed by atoms with Crippen LogP contribution in [0.5, 0.6) is 0 Å². The van der Waals surface area contributed by atoms with Gasteiger partial charge in [-0.2, -0.15) is 0 Å². The molecule has 1 rings (SSSR count). The van der Waals surface area contributed by atoms with Crippen LogP contribution in [0, 0.1) is 0 Å². The summed E-state index contributed by atoms with van der Waals surface area (Å²) in [5.41, 5.74) is 1.73. The molecular weight excluding hydrogens is 176 g/mol. The van der Waals surface area contributed by atoms with E-state index in [-0.39, 0.29) is 0 Å². The van der Waals surface area contributed by atoms with Crippen LogP contribution in [0.25, 0.3) is 12.2 Å². The lowest BCUT2D eigenvalue weighted by atomic mass is 10.3. The normalized spacial score (nSPS) is 10.1. The zero-order valence-corrected chi connectivity index (χ0v) is 8.55. The van der Waals surface area contributed by atoms with Gasteiger partial charge < -0.3 is 9.72 Å². The molecular formula is C11H16N2O. The Hall–Kier alpha value is -1.35. The van der Waals surface area contributed by atoms with Crippen LogP contribution in [0.2, 0.25) is 0 Å². The summed E-state index contributed by atoms with van der Waals surface area (Å²) < 4.78 is 5.36. The molecule has 0 aliphatic heterocycles. The number of aromatic nitrogens is 2. The maximum Gasteiger partial charge on any atom is 0.133 e. The molecule has 0 fully saturated rings. The largest absolute Gasteiger partial charge is 0.374 e. The van der Waals surface area contributed by atoms with E-state index < -0.39 is 0 Å². The predicted molar refractivity (Wildman–Crippen MR) is 58.7 cm³/mol. The first-order chi connectivity index (χ1) is 6.81. The topological polar surface area (TPSA) is 37.9 Å². The van der Waals surface area contributed by atoms with Gasteiger partial charge in [0.1, 0.15) is 12.4 Å². The van der Waals surface area contributed by atoms with Crippen molar-refractivity contribution in [1.29, 1.82) is 0 Å². The highest BCUT2D eigenvalue weighted by Gasteiger charge is 2.03. The van der Waals surface area contributed by atoms with E-state index in [1.807, 2.05) is 0 Å². The van der Waals surface area contributed by atoms with Crippen molar-refractivity contribution < 1.29 is 4.74 Å². The molecule has 0 radical (unpaired) electrons. The van der Waals surface area contributed by atoms with Crippen molar-refractivity contribution in [2.24, 2.45) is 0 Å². The van der Waals surface area contributed by atoms with Gasteiger partial charge in [0.2, 0.25) is 0 Å². The van der Waals surface area contributed by atoms with Crippen molar-refractivity contribution in [3.8, 4) is 0 Å². The maximum atomic E-state index is 5.36. The van der Waals surface area contributed by atoms with Crippen molar-refractivity contribution in [3.05, 3.63) is 30.4 Å². The Morgan fingerprint density at radius 3 is 2.71 bits per heavy atom. The zero-order valence-electron chi connectivity index (χ0n) is 8.55. The van der Waals surface area contributed by atoms with Gasteiger partial charge in [0.15, 0.2) is 0 Å². The van der Waals surface area contributed by atoms with E-state index in [2.05, 4.69) is 30.0 Å². The molecule has 0 aliphatic rings. The molecule has 76 valence electrons. The minimum Gasteiger partial charge on any atom is -0.374 e. The predicted octanol–water partition coefficient (Wildman–Crippen LogP) is 2.62. The summed E-state index contributed by atoms with van der Waals surface area (Å²) in [5, 5.41) is 0. The third-order valence-electron chi connectivity index (χ3n) is 1.80. The van der Waals surface area contributed by atoms with Gasteiger partial charge in [-0.05, 0) is 18.6 Å². The molecule has 14 heavy (non-hydrogen) atoms. The first-order valence-corrected chi connectivity index (χ1v) is 4.73. The van der Waals surface area contributed by atoms with Gasteiger partial charge in [0.25, 0.3) is 0 Å². The highest BCUT2D eigenvalue weighted by atomic mass is 16.5. The van der Waals surface area contributed by atoms with Gasteiger partial charge in [0.05, 0.1) is 11.4 Å². The maximum absolute atomic E-state index is 5.36. The quantitative estimate of drug-likeness (QED) is 0.703. The molecule has 0 saturated heterocycles. The number of nitrogens with zero attached hydrogens (tertiary/aromatic N) is 1. The fraction of sp³-hybridized carbons (Fsp3) is 0.364. The molecule has 0 aromatic carbocycles. The average molecular weight is 192 g/mol. The third-order valence-corrected chi connectivity index (χ3v) is 1.80. The highest BCUT2D eigenvalue weighted by Crippen LogP contribution is 2.09. The van der Waals surface area contributed by atoms with Crippen LogP contribution in [-0.4, -0.2) is 16.6 Å². The number of aromatic amines is 1. The molecule has 0 bridgehead atoms. The van der Waals surface area contributed by atoms with Crippen LogP contribution < -0.4 is 0 Å². The summed E-state index contributed by atoms with van der Waals surface area (Å²) in [6.07, 6.45) is 4.45. The van der Waals surface area contributed by atoms with Crippen LogP contribution in [-0.2, 0) is 11.3 Å². The van der Waals surface area contributed by atoms with Crippen LogP contribution >= 0.6 is 0 Å². The van der Waals surface area contributed by atoms with E-state index in [1.165, 1.54) is 0 Å². The van der Waals surface area contributed by atoms with Crippen LogP contribution in [0.1, 0.15) is 30.6 Å². The minimum absolute atomic E-state index is 0.516. The third kappa shape index (κ3) is 2.57. The fourth-order valence-corrected chi connectivity index (χ4v) is 1.15. The van der Waals surface area contributed by atoms with Crippen LogP contribution in [0.3, 0.4) is 0 Å². The Kier molecular flexibility index (Phi) is 4.13. The van der Waals surface area contributed by atoms with Gasteiger partial charge >= 0.3 is 0 Å². The minimum atomic E-state index is 0.516. The summed E-state index contributed by atoms with van der Waals surface area (Å²) in [4.78, 5) is 7.42. The number of nitrogens with one attached hydrogen (secondary N) is 1. The number of imidazole rings is 1. The Bertz CT molecular complexity index is 290. The molecule has 1 heterocycles. The van der Waals surface area contributed by atoms with Gasteiger partial charge in [-0.15, -0.1) is 0 Å². The fourth-order valence-electron chi connectivity index (χ4n) is 1.15. The zero-order chi connectivity index (χ0) is 10.4. The summed E-state index contributed by atoms with van der Waals surface area (Å²) in [5.74, 6) is 0.822. The molecule has 1 N–H and O–H groups in total. The van der Waals surface area contributed by atoms with E-state index >= 15 is 0 Å². The Morgan fingerprint density at radius 1 is 1.43 bits per heavy atom. The van der Waals surface area contributed by atoms with Crippen molar-refractivity contribution in [2.75, 3.05) is 6.61 Å². The van der Waals surface area contributed by atoms with Crippen LogP contribution in [0.4, 0.5) is 0 Å². The van der Waals surface area contributed by atoms with E-state index in [0.29, 0.717) is 6.61 Å². The number of rotatable bonds is 6. The summed E-state index contributed by atoms with van der Waals surface area (Å²) in [7, 11) is 0.